The first-order valence-electron chi connectivity index (χ1n) is 9.60. The number of thiazole rings is 1. The molecule has 0 N–H and O–H groups in total. The van der Waals surface area contributed by atoms with Crippen molar-refractivity contribution in [3.63, 3.8) is 0 Å². The molecule has 4 aromatic rings. The van der Waals surface area contributed by atoms with Crippen LogP contribution >= 0.6 is 23.1 Å². The molecule has 1 amide bonds. The minimum absolute atomic E-state index is 0.145. The summed E-state index contributed by atoms with van der Waals surface area (Å²) in [6, 6.07) is 17.4. The molecule has 2 aromatic heterocycles. The van der Waals surface area contributed by atoms with E-state index in [1.807, 2.05) is 66.9 Å². The molecule has 7 heteroatoms. The Kier molecular flexibility index (Phi) is 6.40. The number of carbonyl (C=O) groups excluding carboxylic acids is 1. The molecule has 5 nitrogen and oxygen atoms in total. The van der Waals surface area contributed by atoms with Gasteiger partial charge in [-0.25, -0.2) is 4.98 Å². The van der Waals surface area contributed by atoms with E-state index >= 15 is 0 Å². The van der Waals surface area contributed by atoms with Crippen molar-refractivity contribution in [1.82, 2.24) is 9.88 Å². The fourth-order valence-corrected chi connectivity index (χ4v) is 4.92. The van der Waals surface area contributed by atoms with Crippen LogP contribution in [0.4, 0.5) is 0 Å². The van der Waals surface area contributed by atoms with Gasteiger partial charge < -0.3 is 14.1 Å². The van der Waals surface area contributed by atoms with Gasteiger partial charge in [-0.05, 0) is 25.1 Å². The molecule has 0 aliphatic rings. The second kappa shape index (κ2) is 9.36. The van der Waals surface area contributed by atoms with E-state index in [2.05, 4.69) is 4.98 Å². The summed E-state index contributed by atoms with van der Waals surface area (Å²) in [6.45, 7) is 2.85. The number of para-hydroxylation sites is 2. The van der Waals surface area contributed by atoms with E-state index in [1.165, 1.54) is 0 Å². The Morgan fingerprint density at radius 2 is 1.93 bits per heavy atom. The van der Waals surface area contributed by atoms with E-state index < -0.39 is 0 Å². The molecule has 0 aliphatic carbocycles. The molecule has 2 aromatic carbocycles. The normalized spacial score (nSPS) is 11.0. The molecule has 0 unspecified atom stereocenters. The zero-order chi connectivity index (χ0) is 20.9. The Hall–Kier alpha value is -2.77. The molecule has 0 radical (unpaired) electrons. The van der Waals surface area contributed by atoms with Crippen LogP contribution < -0.4 is 4.74 Å². The Morgan fingerprint density at radius 3 is 2.70 bits per heavy atom. The molecule has 30 heavy (non-hydrogen) atoms. The average molecular weight is 439 g/mol. The number of benzene rings is 2. The maximum absolute atomic E-state index is 13.1. The molecule has 0 aliphatic heterocycles. The second-order valence-electron chi connectivity index (χ2n) is 6.84. The van der Waals surface area contributed by atoms with E-state index in [0.717, 1.165) is 32.3 Å². The largest absolute Gasteiger partial charge is 0.492 e. The highest BCUT2D eigenvalue weighted by atomic mass is 32.2. The van der Waals surface area contributed by atoms with Crippen LogP contribution in [-0.4, -0.2) is 36.0 Å². The number of rotatable bonds is 8. The number of ether oxygens (including phenoxy) is 1. The summed E-state index contributed by atoms with van der Waals surface area (Å²) >= 11 is 3.24. The molecule has 4 rings (SSSR count). The van der Waals surface area contributed by atoms with Crippen molar-refractivity contribution in [3.8, 4) is 5.75 Å². The third kappa shape index (κ3) is 4.68. The Labute approximate surface area is 183 Å². The number of aromatic nitrogens is 1. The number of amides is 1. The van der Waals surface area contributed by atoms with E-state index in [-0.39, 0.29) is 5.91 Å². The number of thioether (sulfide) groups is 1. The van der Waals surface area contributed by atoms with Crippen molar-refractivity contribution >= 4 is 40.0 Å². The quantitative estimate of drug-likeness (QED) is 0.333. The minimum atomic E-state index is -0.145. The van der Waals surface area contributed by atoms with Crippen LogP contribution in [0.2, 0.25) is 0 Å². The number of hydrogen-bond donors (Lipinski definition) is 0. The van der Waals surface area contributed by atoms with Crippen molar-refractivity contribution in [2.75, 3.05) is 20.2 Å². The van der Waals surface area contributed by atoms with Crippen molar-refractivity contribution < 1.29 is 13.9 Å². The third-order valence-corrected chi connectivity index (χ3v) is 6.78. The van der Waals surface area contributed by atoms with Crippen molar-refractivity contribution in [2.45, 2.75) is 17.0 Å². The van der Waals surface area contributed by atoms with Crippen LogP contribution in [-0.2, 0) is 5.75 Å². The number of furan rings is 1. The van der Waals surface area contributed by atoms with Gasteiger partial charge in [-0.2, -0.15) is 0 Å². The lowest BCUT2D eigenvalue weighted by Gasteiger charge is -2.17. The van der Waals surface area contributed by atoms with E-state index in [4.69, 9.17) is 9.15 Å². The number of hydrogen-bond acceptors (Lipinski definition) is 6. The van der Waals surface area contributed by atoms with Gasteiger partial charge in [-0.15, -0.1) is 11.3 Å². The van der Waals surface area contributed by atoms with Gasteiger partial charge in [-0.1, -0.05) is 48.2 Å². The highest BCUT2D eigenvalue weighted by Crippen LogP contribution is 2.33. The SMILES string of the molecule is Cc1csc(SCc2c(C(=O)N(C)CCOc3ccccc3)oc3ccccc23)n1. The monoisotopic (exact) mass is 438 g/mol. The van der Waals surface area contributed by atoms with Gasteiger partial charge in [0.2, 0.25) is 0 Å². The zero-order valence-corrected chi connectivity index (χ0v) is 18.5. The van der Waals surface area contributed by atoms with Crippen LogP contribution in [0.5, 0.6) is 5.75 Å². The maximum atomic E-state index is 13.1. The lowest BCUT2D eigenvalue weighted by atomic mass is 10.1. The lowest BCUT2D eigenvalue weighted by Crippen LogP contribution is -2.31. The fourth-order valence-electron chi connectivity index (χ4n) is 3.04. The Morgan fingerprint density at radius 1 is 1.17 bits per heavy atom. The van der Waals surface area contributed by atoms with E-state index in [1.54, 1.807) is 35.0 Å². The number of likely N-dealkylation sites (N-methyl/N-ethyl adjacent to an activating group) is 1. The summed E-state index contributed by atoms with van der Waals surface area (Å²) in [7, 11) is 1.77. The standard InChI is InChI=1S/C23H22N2O3S2/c1-16-14-29-23(24-16)30-15-19-18-10-6-7-11-20(18)28-21(19)22(26)25(2)12-13-27-17-8-4-3-5-9-17/h3-11,14H,12-13,15H2,1-2H3. The summed E-state index contributed by atoms with van der Waals surface area (Å²) in [5.41, 5.74) is 2.64. The molecule has 2 heterocycles. The summed E-state index contributed by atoms with van der Waals surface area (Å²) in [4.78, 5) is 19.3. The lowest BCUT2D eigenvalue weighted by molar-refractivity contribution is 0.0743. The summed E-state index contributed by atoms with van der Waals surface area (Å²) in [5, 5.41) is 3.00. The fraction of sp³-hybridized carbons (Fsp3) is 0.217. The smallest absolute Gasteiger partial charge is 0.289 e. The number of carbonyl (C=O) groups is 1. The molecular weight excluding hydrogens is 416 g/mol. The van der Waals surface area contributed by atoms with Gasteiger partial charge >= 0.3 is 0 Å². The number of fused-ring (bicyclic) bond motifs is 1. The van der Waals surface area contributed by atoms with Crippen LogP contribution in [0, 0.1) is 6.92 Å². The van der Waals surface area contributed by atoms with Gasteiger partial charge in [0, 0.05) is 34.8 Å². The Balaban J connectivity index is 1.49. The van der Waals surface area contributed by atoms with Crippen molar-refractivity contribution in [3.05, 3.63) is 77.0 Å². The van der Waals surface area contributed by atoms with Gasteiger partial charge in [0.25, 0.3) is 5.91 Å². The van der Waals surface area contributed by atoms with E-state index in [9.17, 15) is 4.79 Å². The predicted molar refractivity (Wildman–Crippen MR) is 122 cm³/mol. The van der Waals surface area contributed by atoms with Crippen LogP contribution in [0.1, 0.15) is 21.8 Å². The summed E-state index contributed by atoms with van der Waals surface area (Å²) in [5.74, 6) is 1.66. The van der Waals surface area contributed by atoms with Gasteiger partial charge in [-0.3, -0.25) is 4.79 Å². The average Bonchev–Trinajstić information content (AvgIpc) is 3.35. The molecule has 0 atom stereocenters. The first kappa shape index (κ1) is 20.5. The number of aryl methyl sites for hydroxylation is 1. The molecule has 154 valence electrons. The van der Waals surface area contributed by atoms with Gasteiger partial charge in [0.05, 0.1) is 6.54 Å². The second-order valence-corrected chi connectivity index (χ2v) is 8.92. The minimum Gasteiger partial charge on any atom is -0.492 e. The molecule has 0 bridgehead atoms. The highest BCUT2D eigenvalue weighted by Gasteiger charge is 2.23. The van der Waals surface area contributed by atoms with E-state index in [0.29, 0.717) is 24.7 Å². The van der Waals surface area contributed by atoms with Gasteiger partial charge in [0.1, 0.15) is 22.3 Å². The number of nitrogens with zero attached hydrogens (tertiary/aromatic N) is 2. The zero-order valence-electron chi connectivity index (χ0n) is 16.8. The van der Waals surface area contributed by atoms with Gasteiger partial charge in [0.15, 0.2) is 5.76 Å². The molecular formula is C23H22N2O3S2. The first-order chi connectivity index (χ1) is 14.6. The van der Waals surface area contributed by atoms with Crippen LogP contribution in [0.15, 0.2) is 68.7 Å². The predicted octanol–water partition coefficient (Wildman–Crippen LogP) is 5.64. The first-order valence-corrected chi connectivity index (χ1v) is 11.5. The third-order valence-electron chi connectivity index (χ3n) is 4.62. The summed E-state index contributed by atoms with van der Waals surface area (Å²) in [6.07, 6.45) is 0. The molecule has 0 saturated heterocycles. The van der Waals surface area contributed by atoms with Crippen molar-refractivity contribution in [1.29, 1.82) is 0 Å². The molecule has 0 spiro atoms. The Bertz CT molecular complexity index is 1140. The van der Waals surface area contributed by atoms with Crippen molar-refractivity contribution in [2.24, 2.45) is 0 Å². The molecule has 0 fully saturated rings. The molecule has 0 saturated carbocycles. The topological polar surface area (TPSA) is 55.6 Å². The summed E-state index contributed by atoms with van der Waals surface area (Å²) < 4.78 is 12.7. The van der Waals surface area contributed by atoms with Crippen LogP contribution in [0.25, 0.3) is 11.0 Å². The highest BCUT2D eigenvalue weighted by molar-refractivity contribution is 8.00. The van der Waals surface area contributed by atoms with Crippen LogP contribution in [0.3, 0.4) is 0 Å². The maximum Gasteiger partial charge on any atom is 0.289 e.